The van der Waals surface area contributed by atoms with Crippen molar-refractivity contribution in [3.8, 4) is 0 Å². The van der Waals surface area contributed by atoms with E-state index >= 15 is 0 Å². The molecule has 1 aromatic rings. The van der Waals surface area contributed by atoms with E-state index in [-0.39, 0.29) is 5.56 Å². The van der Waals surface area contributed by atoms with E-state index < -0.39 is 32.8 Å². The van der Waals surface area contributed by atoms with Crippen LogP contribution in [0, 0.1) is 20.2 Å². The van der Waals surface area contributed by atoms with Gasteiger partial charge in [0.2, 0.25) is 0 Å². The first-order valence-corrected chi connectivity index (χ1v) is 4.60. The smallest absolute Gasteiger partial charge is 0.361 e. The lowest BCUT2D eigenvalue weighted by molar-refractivity contribution is -0.422. The SMILES string of the molecule is C=Cc1ccc([N+](=O)[O-])c([N+](=O)[O-])c1C(=O)OC. The standard InChI is InChI=1S/C10H8N2O6/c1-3-6-4-5-7(11(14)15)9(12(16)17)8(6)10(13)18-2/h3-5H,1H2,2H3. The number of carbonyl (C=O) groups is 1. The van der Waals surface area contributed by atoms with Crippen molar-refractivity contribution < 1.29 is 19.4 Å². The average molecular weight is 252 g/mol. The van der Waals surface area contributed by atoms with Crippen LogP contribution in [-0.4, -0.2) is 22.9 Å². The number of ether oxygens (including phenoxy) is 1. The third kappa shape index (κ3) is 2.17. The molecule has 0 bridgehead atoms. The van der Waals surface area contributed by atoms with Crippen LogP contribution in [0.3, 0.4) is 0 Å². The summed E-state index contributed by atoms with van der Waals surface area (Å²) in [4.78, 5) is 31.2. The molecule has 0 saturated heterocycles. The minimum absolute atomic E-state index is 0.0964. The number of carbonyl (C=O) groups excluding carboxylic acids is 1. The van der Waals surface area contributed by atoms with E-state index in [1.807, 2.05) is 0 Å². The lowest BCUT2D eigenvalue weighted by Gasteiger charge is -2.05. The molecule has 0 aromatic heterocycles. The van der Waals surface area contributed by atoms with Gasteiger partial charge in [0.15, 0.2) is 5.56 Å². The summed E-state index contributed by atoms with van der Waals surface area (Å²) < 4.78 is 4.39. The number of rotatable bonds is 4. The van der Waals surface area contributed by atoms with Crippen molar-refractivity contribution in [1.29, 1.82) is 0 Å². The molecule has 1 aromatic carbocycles. The van der Waals surface area contributed by atoms with Gasteiger partial charge in [-0.25, -0.2) is 4.79 Å². The Hall–Kier alpha value is -2.77. The molecule has 0 atom stereocenters. The van der Waals surface area contributed by atoms with Crippen LogP contribution in [0.2, 0.25) is 0 Å². The molecular formula is C10H8N2O6. The maximum atomic E-state index is 11.5. The molecular weight excluding hydrogens is 244 g/mol. The van der Waals surface area contributed by atoms with Gasteiger partial charge in [0.1, 0.15) is 0 Å². The third-order valence-corrected chi connectivity index (χ3v) is 2.18. The first-order chi connectivity index (χ1) is 8.43. The Labute approximate surface area is 101 Å². The lowest BCUT2D eigenvalue weighted by Crippen LogP contribution is -2.10. The minimum atomic E-state index is -1.03. The molecule has 0 radical (unpaired) electrons. The summed E-state index contributed by atoms with van der Waals surface area (Å²) in [5.41, 5.74) is -2.05. The molecule has 0 unspecified atom stereocenters. The van der Waals surface area contributed by atoms with Gasteiger partial charge in [0.05, 0.1) is 17.0 Å². The van der Waals surface area contributed by atoms with Gasteiger partial charge in [-0.15, -0.1) is 0 Å². The predicted octanol–water partition coefficient (Wildman–Crippen LogP) is 1.93. The minimum Gasteiger partial charge on any atom is -0.465 e. The fourth-order valence-corrected chi connectivity index (χ4v) is 1.41. The van der Waals surface area contributed by atoms with Crippen LogP contribution in [0.5, 0.6) is 0 Å². The van der Waals surface area contributed by atoms with Crippen LogP contribution >= 0.6 is 0 Å². The van der Waals surface area contributed by atoms with E-state index in [1.165, 1.54) is 12.1 Å². The molecule has 0 saturated carbocycles. The summed E-state index contributed by atoms with van der Waals surface area (Å²) in [5, 5.41) is 21.6. The molecule has 0 amide bonds. The zero-order valence-corrected chi connectivity index (χ0v) is 9.28. The van der Waals surface area contributed by atoms with Gasteiger partial charge >= 0.3 is 17.3 Å². The summed E-state index contributed by atoms with van der Waals surface area (Å²) >= 11 is 0. The van der Waals surface area contributed by atoms with Gasteiger partial charge in [-0.2, -0.15) is 0 Å². The average Bonchev–Trinajstić information content (AvgIpc) is 2.35. The fourth-order valence-electron chi connectivity index (χ4n) is 1.41. The van der Waals surface area contributed by atoms with E-state index in [1.54, 1.807) is 0 Å². The van der Waals surface area contributed by atoms with Gasteiger partial charge in [-0.05, 0) is 11.6 Å². The van der Waals surface area contributed by atoms with Crippen LogP contribution in [0.15, 0.2) is 18.7 Å². The molecule has 0 heterocycles. The molecule has 0 aliphatic carbocycles. The Morgan fingerprint density at radius 1 is 1.33 bits per heavy atom. The van der Waals surface area contributed by atoms with E-state index in [0.717, 1.165) is 13.2 Å². The molecule has 0 fully saturated rings. The van der Waals surface area contributed by atoms with Crippen molar-refractivity contribution in [3.63, 3.8) is 0 Å². The third-order valence-electron chi connectivity index (χ3n) is 2.18. The second-order valence-electron chi connectivity index (χ2n) is 3.11. The van der Waals surface area contributed by atoms with Crippen molar-refractivity contribution in [1.82, 2.24) is 0 Å². The zero-order valence-electron chi connectivity index (χ0n) is 9.28. The van der Waals surface area contributed by atoms with Gasteiger partial charge in [-0.1, -0.05) is 12.7 Å². The quantitative estimate of drug-likeness (QED) is 0.459. The predicted molar refractivity (Wildman–Crippen MR) is 61.2 cm³/mol. The molecule has 0 aliphatic rings. The zero-order chi connectivity index (χ0) is 13.9. The van der Waals surface area contributed by atoms with Crippen molar-refractivity contribution in [2.75, 3.05) is 7.11 Å². The number of nitro benzene ring substituents is 2. The van der Waals surface area contributed by atoms with Crippen molar-refractivity contribution in [2.45, 2.75) is 0 Å². The van der Waals surface area contributed by atoms with Gasteiger partial charge in [0.25, 0.3) is 0 Å². The second kappa shape index (κ2) is 5.04. The molecule has 0 spiro atoms. The summed E-state index contributed by atoms with van der Waals surface area (Å²) in [5.74, 6) is -1.03. The van der Waals surface area contributed by atoms with Crippen LogP contribution in [0.4, 0.5) is 11.4 Å². The first-order valence-electron chi connectivity index (χ1n) is 4.60. The molecule has 94 valence electrons. The Kier molecular flexibility index (Phi) is 3.72. The normalized spacial score (nSPS) is 9.61. The van der Waals surface area contributed by atoms with Gasteiger partial charge in [-0.3, -0.25) is 20.2 Å². The highest BCUT2D eigenvalue weighted by Gasteiger charge is 2.34. The highest BCUT2D eigenvalue weighted by atomic mass is 16.6. The Balaban J connectivity index is 3.75. The van der Waals surface area contributed by atoms with Crippen LogP contribution in [-0.2, 0) is 4.74 Å². The monoisotopic (exact) mass is 252 g/mol. The van der Waals surface area contributed by atoms with Crippen molar-refractivity contribution in [2.24, 2.45) is 0 Å². The molecule has 18 heavy (non-hydrogen) atoms. The highest BCUT2D eigenvalue weighted by Crippen LogP contribution is 2.33. The molecule has 0 aliphatic heterocycles. The largest absolute Gasteiger partial charge is 0.465 e. The highest BCUT2D eigenvalue weighted by molar-refractivity contribution is 5.99. The number of hydrogen-bond donors (Lipinski definition) is 0. The number of methoxy groups -OCH3 is 1. The van der Waals surface area contributed by atoms with Crippen LogP contribution in [0.25, 0.3) is 6.08 Å². The number of hydrogen-bond acceptors (Lipinski definition) is 6. The lowest BCUT2D eigenvalue weighted by atomic mass is 10.0. The molecule has 8 nitrogen and oxygen atoms in total. The van der Waals surface area contributed by atoms with Crippen LogP contribution in [0.1, 0.15) is 15.9 Å². The van der Waals surface area contributed by atoms with Gasteiger partial charge in [0, 0.05) is 6.07 Å². The maximum absolute atomic E-state index is 11.5. The Morgan fingerprint density at radius 2 is 1.94 bits per heavy atom. The van der Waals surface area contributed by atoms with E-state index in [9.17, 15) is 25.0 Å². The molecule has 1 rings (SSSR count). The summed E-state index contributed by atoms with van der Waals surface area (Å²) in [6.45, 7) is 3.38. The number of nitrogens with zero attached hydrogens (tertiary/aromatic N) is 2. The van der Waals surface area contributed by atoms with E-state index in [0.29, 0.717) is 0 Å². The second-order valence-corrected chi connectivity index (χ2v) is 3.11. The summed E-state index contributed by atoms with van der Waals surface area (Å²) in [6.07, 6.45) is 1.18. The number of benzene rings is 1. The molecule has 0 N–H and O–H groups in total. The Morgan fingerprint density at radius 3 is 2.33 bits per heavy atom. The van der Waals surface area contributed by atoms with Crippen molar-refractivity contribution in [3.05, 3.63) is 50.1 Å². The Bertz CT molecular complexity index is 552. The summed E-state index contributed by atoms with van der Waals surface area (Å²) in [6, 6.07) is 2.14. The number of esters is 1. The fraction of sp³-hybridized carbons (Fsp3) is 0.100. The van der Waals surface area contributed by atoms with Crippen molar-refractivity contribution >= 4 is 23.4 Å². The van der Waals surface area contributed by atoms with E-state index in [4.69, 9.17) is 0 Å². The number of nitro groups is 2. The van der Waals surface area contributed by atoms with E-state index in [2.05, 4.69) is 11.3 Å². The maximum Gasteiger partial charge on any atom is 0.361 e. The van der Waals surface area contributed by atoms with Gasteiger partial charge < -0.3 is 4.74 Å². The first kappa shape index (κ1) is 13.3. The van der Waals surface area contributed by atoms with Crippen LogP contribution < -0.4 is 0 Å². The molecule has 8 heteroatoms. The summed E-state index contributed by atoms with van der Waals surface area (Å²) in [7, 11) is 1.03. The topological polar surface area (TPSA) is 113 Å².